The number of nitrogens with zero attached hydrogens (tertiary/aromatic N) is 3. The second-order valence-electron chi connectivity index (χ2n) is 10.7. The number of aliphatic hydroxyl groups is 2. The molecule has 45 heavy (non-hydrogen) atoms. The van der Waals surface area contributed by atoms with Gasteiger partial charge >= 0.3 is 13.7 Å². The number of esters is 1. The molecule has 2 aromatic heterocycles. The first-order valence-corrected chi connectivity index (χ1v) is 15.2. The zero-order valence-electron chi connectivity index (χ0n) is 24.2. The lowest BCUT2D eigenvalue weighted by molar-refractivity contribution is -0.191. The van der Waals surface area contributed by atoms with Crippen LogP contribution in [-0.4, -0.2) is 78.7 Å². The number of carbonyl (C=O) groups excluding carboxylic acids is 1. The lowest BCUT2D eigenvalue weighted by atomic mass is 9.96. The maximum Gasteiger partial charge on any atom is 0.459 e. The minimum atomic E-state index is -4.74. The molecule has 0 bridgehead atoms. The van der Waals surface area contributed by atoms with Crippen LogP contribution in [0.3, 0.4) is 0 Å². The van der Waals surface area contributed by atoms with E-state index >= 15 is 0 Å². The highest BCUT2D eigenvalue weighted by Crippen LogP contribution is 2.49. The van der Waals surface area contributed by atoms with Gasteiger partial charge in [0.05, 0.1) is 19.0 Å². The highest BCUT2D eigenvalue weighted by atomic mass is 31.2. The Balaban J connectivity index is 1.46. The van der Waals surface area contributed by atoms with Crippen molar-refractivity contribution in [2.75, 3.05) is 12.3 Å². The highest BCUT2D eigenvalue weighted by molar-refractivity contribution is 7.52. The smallest absolute Gasteiger partial charge is 0.459 e. The van der Waals surface area contributed by atoms with Gasteiger partial charge in [0.15, 0.2) is 23.0 Å². The molecule has 0 saturated carbocycles. The molecule has 242 valence electrons. The number of hydrogen-bond donors (Lipinski definition) is 5. The third-order valence-electron chi connectivity index (χ3n) is 7.01. The number of alkyl halides is 2. The summed E-state index contributed by atoms with van der Waals surface area (Å²) < 4.78 is 66.4. The molecule has 1 aliphatic rings. The maximum absolute atomic E-state index is 14.8. The van der Waals surface area contributed by atoms with E-state index in [-0.39, 0.29) is 22.9 Å². The maximum atomic E-state index is 14.8. The molecule has 6 atom stereocenters. The van der Waals surface area contributed by atoms with Gasteiger partial charge in [-0.25, -0.2) is 18.3 Å². The molecule has 6 N–H and O–H groups in total. The number of nitrogens with one attached hydrogen (secondary N) is 2. The Morgan fingerprint density at radius 1 is 1.22 bits per heavy atom. The molecule has 2 aromatic carbocycles. The molecule has 0 amide bonds. The number of aliphatic hydroxyl groups excluding tert-OH is 2. The van der Waals surface area contributed by atoms with Gasteiger partial charge in [-0.05, 0) is 43.7 Å². The molecule has 1 aliphatic heterocycles. The Bertz CT molecular complexity index is 1820. The SMILES string of the molecule is CC(C)OC(=O)[C@H](C)NP(=O)(OC[C@@]1(C(F)F)O[C@@H](n2cnc3c(=O)[nH]c(N)nc32)[C@@H](O)[C@@H]1O)Oc1ccc2ccccc2c1. The highest BCUT2D eigenvalue weighted by Gasteiger charge is 2.61. The van der Waals surface area contributed by atoms with Gasteiger partial charge in [0.25, 0.3) is 12.0 Å². The first-order chi connectivity index (χ1) is 21.2. The number of aromatic amines is 1. The summed E-state index contributed by atoms with van der Waals surface area (Å²) in [6.45, 7) is 3.20. The van der Waals surface area contributed by atoms with Gasteiger partial charge in [-0.15, -0.1) is 0 Å². The fraction of sp³-hybridized carbons (Fsp3) is 0.407. The fourth-order valence-corrected chi connectivity index (χ4v) is 6.31. The van der Waals surface area contributed by atoms with Crippen LogP contribution in [0.5, 0.6) is 5.75 Å². The number of nitrogens with two attached hydrogens (primary N) is 1. The average Bonchev–Trinajstić information content (AvgIpc) is 3.50. The molecule has 18 heteroatoms. The van der Waals surface area contributed by atoms with Crippen LogP contribution < -0.4 is 20.9 Å². The van der Waals surface area contributed by atoms with Crippen LogP contribution >= 0.6 is 7.75 Å². The van der Waals surface area contributed by atoms with Gasteiger partial charge in [-0.2, -0.15) is 10.1 Å². The number of H-pyrrole nitrogens is 1. The quantitative estimate of drug-likeness (QED) is 0.116. The molecule has 3 heterocycles. The first-order valence-electron chi connectivity index (χ1n) is 13.7. The van der Waals surface area contributed by atoms with Crippen molar-refractivity contribution in [3.8, 4) is 5.75 Å². The Morgan fingerprint density at radius 3 is 2.62 bits per heavy atom. The van der Waals surface area contributed by atoms with Crippen LogP contribution in [0.1, 0.15) is 27.0 Å². The molecule has 0 radical (unpaired) electrons. The Hall–Kier alpha value is -3.99. The Morgan fingerprint density at radius 2 is 1.93 bits per heavy atom. The molecule has 0 aliphatic carbocycles. The van der Waals surface area contributed by atoms with Crippen molar-refractivity contribution in [1.29, 1.82) is 0 Å². The summed E-state index contributed by atoms with van der Waals surface area (Å²) in [5.74, 6) is -1.15. The van der Waals surface area contributed by atoms with Crippen LogP contribution in [0.25, 0.3) is 21.9 Å². The summed E-state index contributed by atoms with van der Waals surface area (Å²) in [6.07, 6.45) is -9.17. The zero-order valence-corrected chi connectivity index (χ0v) is 25.1. The van der Waals surface area contributed by atoms with Gasteiger partial charge < -0.3 is 29.9 Å². The number of imidazole rings is 1. The zero-order chi connectivity index (χ0) is 32.7. The van der Waals surface area contributed by atoms with Crippen LogP contribution in [0.15, 0.2) is 53.6 Å². The molecule has 0 spiro atoms. The fourth-order valence-electron chi connectivity index (χ4n) is 4.79. The standard InChI is InChI=1S/C27H31F2N6O9P/c1-13(2)42-24(39)14(3)34-45(40,44-17-9-8-15-6-4-5-7-16(15)10-17)41-11-27(25(28)29)20(37)19(36)23(43-27)35-12-31-18-21(35)32-26(30)33-22(18)38/h4-10,12-14,19-20,23,25,36-37H,11H2,1-3H3,(H,34,40)(H3,30,32,33,38)/t14-,19-,20-,23+,27+,45?/m0/s1. The van der Waals surface area contributed by atoms with Crippen LogP contribution in [0.4, 0.5) is 14.7 Å². The summed E-state index contributed by atoms with van der Waals surface area (Å²) in [5.41, 5.74) is 1.42. The molecule has 4 aromatic rings. The van der Waals surface area contributed by atoms with E-state index in [1.807, 2.05) is 12.1 Å². The monoisotopic (exact) mass is 652 g/mol. The molecule has 1 unspecified atom stereocenters. The van der Waals surface area contributed by atoms with Crippen molar-refractivity contribution in [1.82, 2.24) is 24.6 Å². The summed E-state index contributed by atoms with van der Waals surface area (Å²) in [4.78, 5) is 34.8. The number of anilines is 1. The number of rotatable bonds is 11. The number of carbonyl (C=O) groups is 1. The van der Waals surface area contributed by atoms with E-state index in [1.54, 1.807) is 32.0 Å². The summed E-state index contributed by atoms with van der Waals surface area (Å²) in [5, 5.41) is 25.7. The number of aromatic nitrogens is 4. The van der Waals surface area contributed by atoms with Crippen molar-refractivity contribution in [3.05, 3.63) is 59.1 Å². The van der Waals surface area contributed by atoms with Crippen molar-refractivity contribution in [2.24, 2.45) is 0 Å². The largest absolute Gasteiger partial charge is 0.462 e. The van der Waals surface area contributed by atoms with Crippen LogP contribution in [0.2, 0.25) is 0 Å². The van der Waals surface area contributed by atoms with E-state index in [9.17, 15) is 33.1 Å². The van der Waals surface area contributed by atoms with Crippen molar-refractivity contribution in [2.45, 2.75) is 63.4 Å². The normalized spacial score (nSPS) is 23.9. The summed E-state index contributed by atoms with van der Waals surface area (Å²) >= 11 is 0. The number of halogens is 2. The van der Waals surface area contributed by atoms with E-state index in [4.69, 9.17) is 24.3 Å². The molecular formula is C27H31F2N6O9P. The van der Waals surface area contributed by atoms with E-state index in [2.05, 4.69) is 20.0 Å². The summed E-state index contributed by atoms with van der Waals surface area (Å²) in [7, 11) is -4.74. The molecule has 5 rings (SSSR count). The van der Waals surface area contributed by atoms with Gasteiger partial charge in [0.2, 0.25) is 5.95 Å². The van der Waals surface area contributed by atoms with Crippen molar-refractivity contribution >= 4 is 41.6 Å². The second-order valence-corrected chi connectivity index (χ2v) is 12.4. The van der Waals surface area contributed by atoms with Gasteiger partial charge in [0.1, 0.15) is 24.0 Å². The topological polar surface area (TPSA) is 213 Å². The number of benzene rings is 2. The van der Waals surface area contributed by atoms with E-state index in [0.717, 1.165) is 16.3 Å². The second kappa shape index (κ2) is 12.4. The average molecular weight is 653 g/mol. The van der Waals surface area contributed by atoms with Crippen molar-refractivity contribution < 1.29 is 46.9 Å². The number of hydrogen-bond acceptors (Lipinski definition) is 12. The molecule has 15 nitrogen and oxygen atoms in total. The number of ether oxygens (including phenoxy) is 2. The first kappa shape index (κ1) is 32.4. The molecule has 1 fully saturated rings. The predicted molar refractivity (Wildman–Crippen MR) is 155 cm³/mol. The van der Waals surface area contributed by atoms with E-state index in [0.29, 0.717) is 5.39 Å². The van der Waals surface area contributed by atoms with Crippen LogP contribution in [-0.2, 0) is 23.4 Å². The number of fused-ring (bicyclic) bond motifs is 2. The molecule has 1 saturated heterocycles. The third-order valence-corrected chi connectivity index (χ3v) is 8.64. The molecular weight excluding hydrogens is 621 g/mol. The lowest BCUT2D eigenvalue weighted by Crippen LogP contribution is -2.53. The van der Waals surface area contributed by atoms with E-state index in [1.165, 1.54) is 19.1 Å². The Kier molecular flexibility index (Phi) is 8.95. The minimum absolute atomic E-state index is 0.00428. The van der Waals surface area contributed by atoms with Crippen molar-refractivity contribution in [3.63, 3.8) is 0 Å². The third kappa shape index (κ3) is 6.40. The predicted octanol–water partition coefficient (Wildman–Crippen LogP) is 2.24. The number of nitrogen functional groups attached to an aromatic ring is 1. The Labute approximate surface area is 253 Å². The van der Waals surface area contributed by atoms with Crippen LogP contribution in [0, 0.1) is 0 Å². The minimum Gasteiger partial charge on any atom is -0.462 e. The van der Waals surface area contributed by atoms with Gasteiger partial charge in [-0.3, -0.25) is 23.7 Å². The summed E-state index contributed by atoms with van der Waals surface area (Å²) in [6, 6.07) is 10.5. The van der Waals surface area contributed by atoms with Gasteiger partial charge in [-0.1, -0.05) is 30.3 Å². The lowest BCUT2D eigenvalue weighted by Gasteiger charge is -2.32. The van der Waals surface area contributed by atoms with Gasteiger partial charge in [0, 0.05) is 0 Å². The van der Waals surface area contributed by atoms with E-state index < -0.39 is 68.5 Å².